The lowest BCUT2D eigenvalue weighted by Crippen LogP contribution is -2.31. The highest BCUT2D eigenvalue weighted by atomic mass is 19.3. The highest BCUT2D eigenvalue weighted by Gasteiger charge is 2.33. The molecule has 0 bridgehead atoms. The molecule has 0 aromatic heterocycles. The summed E-state index contributed by atoms with van der Waals surface area (Å²) in [6.45, 7) is -3.60. The number of carbonyl (C=O) groups excluding carboxylic acids is 2. The van der Waals surface area contributed by atoms with Crippen molar-refractivity contribution in [1.29, 1.82) is 0 Å². The average molecular weight is 480 g/mol. The molecule has 35 heavy (non-hydrogen) atoms. The molecule has 180 valence electrons. The summed E-state index contributed by atoms with van der Waals surface area (Å²) < 4.78 is 39.6. The number of amides is 1. The number of esters is 1. The van der Waals surface area contributed by atoms with Crippen molar-refractivity contribution in [1.82, 2.24) is 5.01 Å². The maximum atomic E-state index is 13.1. The molecule has 0 fully saturated rings. The van der Waals surface area contributed by atoms with Crippen LogP contribution in [0.3, 0.4) is 0 Å². The fourth-order valence-electron chi connectivity index (χ4n) is 3.71. The zero-order valence-electron chi connectivity index (χ0n) is 18.8. The molecule has 3 aromatic carbocycles. The van der Waals surface area contributed by atoms with Gasteiger partial charge in [-0.3, -0.25) is 4.79 Å². The van der Waals surface area contributed by atoms with Crippen LogP contribution in [0.1, 0.15) is 33.9 Å². The van der Waals surface area contributed by atoms with Crippen molar-refractivity contribution in [3.63, 3.8) is 0 Å². The second-order valence-electron chi connectivity index (χ2n) is 7.63. The number of rotatable bonds is 8. The van der Waals surface area contributed by atoms with E-state index in [2.05, 4.69) is 9.84 Å². The molecule has 1 amide bonds. The molecule has 1 aliphatic rings. The Kier molecular flexibility index (Phi) is 7.35. The van der Waals surface area contributed by atoms with Crippen LogP contribution >= 0.6 is 0 Å². The summed E-state index contributed by atoms with van der Waals surface area (Å²) in [6, 6.07) is 21.6. The van der Waals surface area contributed by atoms with Gasteiger partial charge in [-0.1, -0.05) is 48.5 Å². The number of alkyl halides is 2. The molecular weight excluding hydrogens is 458 g/mol. The second kappa shape index (κ2) is 10.8. The van der Waals surface area contributed by atoms with Crippen LogP contribution in [0.2, 0.25) is 0 Å². The van der Waals surface area contributed by atoms with Crippen molar-refractivity contribution in [2.45, 2.75) is 19.1 Å². The lowest BCUT2D eigenvalue weighted by molar-refractivity contribution is -0.136. The maximum absolute atomic E-state index is 13.1. The minimum Gasteiger partial charge on any atom is -0.497 e. The summed E-state index contributed by atoms with van der Waals surface area (Å²) in [7, 11) is 1.57. The van der Waals surface area contributed by atoms with Crippen LogP contribution in [-0.2, 0) is 9.53 Å². The molecule has 3 aromatic rings. The van der Waals surface area contributed by atoms with Gasteiger partial charge in [0.15, 0.2) is 6.61 Å². The Morgan fingerprint density at radius 3 is 2.43 bits per heavy atom. The van der Waals surface area contributed by atoms with Gasteiger partial charge in [-0.2, -0.15) is 13.9 Å². The van der Waals surface area contributed by atoms with Gasteiger partial charge in [-0.25, -0.2) is 9.80 Å². The molecule has 7 nitrogen and oxygen atoms in total. The van der Waals surface area contributed by atoms with Crippen molar-refractivity contribution in [3.05, 3.63) is 95.6 Å². The van der Waals surface area contributed by atoms with Crippen molar-refractivity contribution >= 4 is 17.6 Å². The van der Waals surface area contributed by atoms with Crippen molar-refractivity contribution in [2.75, 3.05) is 13.7 Å². The number of nitrogens with zero attached hydrogens (tertiary/aromatic N) is 2. The van der Waals surface area contributed by atoms with Gasteiger partial charge < -0.3 is 14.2 Å². The van der Waals surface area contributed by atoms with E-state index in [4.69, 9.17) is 9.47 Å². The predicted octanol–water partition coefficient (Wildman–Crippen LogP) is 4.83. The van der Waals surface area contributed by atoms with Gasteiger partial charge in [-0.15, -0.1) is 0 Å². The van der Waals surface area contributed by atoms with Crippen LogP contribution in [0, 0.1) is 0 Å². The molecule has 0 aliphatic carbocycles. The van der Waals surface area contributed by atoms with E-state index in [1.165, 1.54) is 23.2 Å². The first kappa shape index (κ1) is 23.9. The number of hydrogen-bond acceptors (Lipinski definition) is 6. The van der Waals surface area contributed by atoms with Crippen LogP contribution in [0.5, 0.6) is 11.5 Å². The molecule has 0 saturated heterocycles. The van der Waals surface area contributed by atoms with Crippen LogP contribution < -0.4 is 9.47 Å². The fourth-order valence-corrected chi connectivity index (χ4v) is 3.71. The number of carbonyl (C=O) groups is 2. The summed E-state index contributed by atoms with van der Waals surface area (Å²) in [6.07, 6.45) is 0.475. The van der Waals surface area contributed by atoms with Crippen LogP contribution in [0.4, 0.5) is 8.78 Å². The molecule has 4 rings (SSSR count). The zero-order valence-corrected chi connectivity index (χ0v) is 18.8. The first-order valence-electron chi connectivity index (χ1n) is 10.8. The summed E-state index contributed by atoms with van der Waals surface area (Å²) in [5.41, 5.74) is 2.44. The first-order chi connectivity index (χ1) is 16.9. The number of ether oxygens (including phenoxy) is 3. The maximum Gasteiger partial charge on any atom is 0.387 e. The Labute approximate surface area is 200 Å². The Morgan fingerprint density at radius 2 is 1.74 bits per heavy atom. The molecule has 0 radical (unpaired) electrons. The summed E-state index contributed by atoms with van der Waals surface area (Å²) >= 11 is 0. The van der Waals surface area contributed by atoms with Gasteiger partial charge in [0.1, 0.15) is 11.5 Å². The van der Waals surface area contributed by atoms with Gasteiger partial charge in [0.05, 0.1) is 24.4 Å². The molecule has 0 N–H and O–H groups in total. The normalized spacial score (nSPS) is 15.0. The van der Waals surface area contributed by atoms with E-state index in [1.807, 2.05) is 42.5 Å². The van der Waals surface area contributed by atoms with Gasteiger partial charge in [-0.05, 0) is 41.5 Å². The molecular formula is C26H22F2N2O5. The lowest BCUT2D eigenvalue weighted by atomic mass is 9.98. The summed E-state index contributed by atoms with van der Waals surface area (Å²) in [5, 5.41) is 5.84. The molecule has 9 heteroatoms. The van der Waals surface area contributed by atoms with E-state index in [9.17, 15) is 18.4 Å². The Morgan fingerprint density at radius 1 is 1.00 bits per heavy atom. The van der Waals surface area contributed by atoms with Crippen LogP contribution in [0.15, 0.2) is 84.0 Å². The van der Waals surface area contributed by atoms with E-state index in [-0.39, 0.29) is 11.3 Å². The molecule has 1 aliphatic heterocycles. The third kappa shape index (κ3) is 5.81. The number of halogens is 2. The predicted molar refractivity (Wildman–Crippen MR) is 124 cm³/mol. The number of benzene rings is 3. The summed E-state index contributed by atoms with van der Waals surface area (Å²) in [5.74, 6) is -0.867. The molecule has 1 heterocycles. The number of methoxy groups -OCH3 is 1. The summed E-state index contributed by atoms with van der Waals surface area (Å²) in [4.78, 5) is 25.5. The van der Waals surface area contributed by atoms with E-state index < -0.39 is 31.1 Å². The average Bonchev–Trinajstić information content (AvgIpc) is 3.33. The SMILES string of the molecule is COc1ccc([C@@H]2CC(c3ccccc3)=NN2C(=O)COC(=O)c2cccc(OC(F)F)c2)cc1. The third-order valence-electron chi connectivity index (χ3n) is 5.40. The molecule has 0 unspecified atom stereocenters. The second-order valence-corrected chi connectivity index (χ2v) is 7.63. The van der Waals surface area contributed by atoms with Gasteiger partial charge >= 0.3 is 12.6 Å². The molecule has 0 spiro atoms. The van der Waals surface area contributed by atoms with Crippen LogP contribution in [-0.4, -0.2) is 42.9 Å². The Bertz CT molecular complexity index is 1220. The Hall–Kier alpha value is -4.27. The third-order valence-corrected chi connectivity index (χ3v) is 5.40. The van der Waals surface area contributed by atoms with Gasteiger partial charge in [0.25, 0.3) is 5.91 Å². The zero-order chi connectivity index (χ0) is 24.8. The standard InChI is InChI=1S/C26H22F2N2O5/c1-33-20-12-10-18(11-13-20)23-15-22(17-6-3-2-4-7-17)29-30(23)24(31)16-34-25(32)19-8-5-9-21(14-19)35-26(27)28/h2-14,23,26H,15-16H2,1H3/t23-/m0/s1. The topological polar surface area (TPSA) is 77.4 Å². The molecule has 1 atom stereocenters. The quantitative estimate of drug-likeness (QED) is 0.432. The smallest absolute Gasteiger partial charge is 0.387 e. The number of hydrazone groups is 1. The first-order valence-corrected chi connectivity index (χ1v) is 10.8. The van der Waals surface area contributed by atoms with Crippen molar-refractivity contribution in [2.24, 2.45) is 5.10 Å². The largest absolute Gasteiger partial charge is 0.497 e. The molecule has 0 saturated carbocycles. The van der Waals surface area contributed by atoms with E-state index in [0.29, 0.717) is 12.2 Å². The van der Waals surface area contributed by atoms with Gasteiger partial charge in [0.2, 0.25) is 0 Å². The van der Waals surface area contributed by atoms with E-state index in [1.54, 1.807) is 19.2 Å². The number of hydrogen-bond donors (Lipinski definition) is 0. The van der Waals surface area contributed by atoms with Crippen molar-refractivity contribution < 1.29 is 32.6 Å². The van der Waals surface area contributed by atoms with Gasteiger partial charge in [0, 0.05) is 6.42 Å². The highest BCUT2D eigenvalue weighted by molar-refractivity contribution is 6.03. The van der Waals surface area contributed by atoms with Crippen LogP contribution in [0.25, 0.3) is 0 Å². The fraction of sp³-hybridized carbons (Fsp3) is 0.192. The Balaban J connectivity index is 1.50. The highest BCUT2D eigenvalue weighted by Crippen LogP contribution is 2.33. The minimum atomic E-state index is -3.02. The van der Waals surface area contributed by atoms with E-state index in [0.717, 1.165) is 22.9 Å². The van der Waals surface area contributed by atoms with Crippen molar-refractivity contribution in [3.8, 4) is 11.5 Å². The lowest BCUT2D eigenvalue weighted by Gasteiger charge is -2.22. The van der Waals surface area contributed by atoms with E-state index >= 15 is 0 Å². The minimum absolute atomic E-state index is 0.0162. The monoisotopic (exact) mass is 480 g/mol.